The average Bonchev–Trinajstić information content (AvgIpc) is 3.10. The fraction of sp³-hybridized carbons (Fsp3) is 0.643. The fourth-order valence-corrected chi connectivity index (χ4v) is 7.70. The molecule has 4 aliphatic carbocycles. The Morgan fingerprint density at radius 2 is 1.81 bits per heavy atom. The third-order valence-corrected chi connectivity index (χ3v) is 9.44. The van der Waals surface area contributed by atoms with E-state index in [2.05, 4.69) is 38.1 Å². The number of allylic oxidation sites excluding steroid dienone is 1. The molecule has 1 aromatic carbocycles. The molecule has 4 heteroatoms. The van der Waals surface area contributed by atoms with E-state index in [-0.39, 0.29) is 34.9 Å². The van der Waals surface area contributed by atoms with E-state index < -0.39 is 0 Å². The summed E-state index contributed by atoms with van der Waals surface area (Å²) in [5, 5.41) is 0. The molecule has 0 spiro atoms. The van der Waals surface area contributed by atoms with E-state index in [0.717, 1.165) is 44.9 Å². The molecule has 0 unspecified atom stereocenters. The third kappa shape index (κ3) is 3.55. The van der Waals surface area contributed by atoms with Crippen molar-refractivity contribution in [2.24, 2.45) is 28.6 Å². The smallest absolute Gasteiger partial charge is 0.302 e. The third-order valence-electron chi connectivity index (χ3n) is 9.44. The molecule has 3 fully saturated rings. The molecule has 1 aromatic rings. The quantitative estimate of drug-likeness (QED) is 0.573. The first kappa shape index (κ1) is 21.9. The molecule has 0 N–H and O–H groups in total. The van der Waals surface area contributed by atoms with Gasteiger partial charge in [0.2, 0.25) is 0 Å². The normalized spacial score (nSPS) is 40.7. The summed E-state index contributed by atoms with van der Waals surface area (Å²) in [6.07, 6.45) is 9.05. The summed E-state index contributed by atoms with van der Waals surface area (Å²) in [4.78, 5) is 25.0. The second-order valence-electron chi connectivity index (χ2n) is 11.1. The molecule has 0 saturated heterocycles. The highest BCUT2D eigenvalue weighted by atomic mass is 16.5. The monoisotopic (exact) mass is 436 g/mol. The van der Waals surface area contributed by atoms with Crippen LogP contribution >= 0.6 is 0 Å². The van der Waals surface area contributed by atoms with Gasteiger partial charge in [0.1, 0.15) is 6.10 Å². The number of benzene rings is 1. The predicted molar refractivity (Wildman–Crippen MR) is 123 cm³/mol. The van der Waals surface area contributed by atoms with Gasteiger partial charge in [-0.1, -0.05) is 49.8 Å². The van der Waals surface area contributed by atoms with Gasteiger partial charge in [-0.05, 0) is 72.8 Å². The zero-order valence-electron chi connectivity index (χ0n) is 19.6. The number of fused-ring (bicyclic) bond motifs is 5. The zero-order valence-corrected chi connectivity index (χ0v) is 19.6. The Morgan fingerprint density at radius 1 is 1.03 bits per heavy atom. The lowest BCUT2D eigenvalue weighted by Gasteiger charge is -2.57. The van der Waals surface area contributed by atoms with Crippen molar-refractivity contribution in [1.82, 2.24) is 0 Å². The van der Waals surface area contributed by atoms with Crippen molar-refractivity contribution < 1.29 is 19.1 Å². The highest BCUT2D eigenvalue weighted by molar-refractivity contribution is 5.94. The molecule has 32 heavy (non-hydrogen) atoms. The van der Waals surface area contributed by atoms with Crippen molar-refractivity contribution in [2.75, 3.05) is 0 Å². The van der Waals surface area contributed by atoms with Gasteiger partial charge >= 0.3 is 5.97 Å². The molecular weight excluding hydrogens is 400 g/mol. The van der Waals surface area contributed by atoms with Crippen LogP contribution in [0.2, 0.25) is 0 Å². The van der Waals surface area contributed by atoms with Crippen LogP contribution < -0.4 is 0 Å². The van der Waals surface area contributed by atoms with E-state index >= 15 is 0 Å². The molecular formula is C28H36O4. The lowest BCUT2D eigenvalue weighted by atomic mass is 9.47. The van der Waals surface area contributed by atoms with Crippen molar-refractivity contribution in [2.45, 2.75) is 84.5 Å². The Balaban J connectivity index is 1.35. The van der Waals surface area contributed by atoms with Crippen LogP contribution in [0.5, 0.6) is 0 Å². The highest BCUT2D eigenvalue weighted by Gasteiger charge is 2.61. The van der Waals surface area contributed by atoms with Gasteiger partial charge in [0.05, 0.1) is 12.7 Å². The molecule has 5 rings (SSSR count). The van der Waals surface area contributed by atoms with Crippen molar-refractivity contribution in [1.29, 1.82) is 0 Å². The number of ketones is 1. The Kier molecular flexibility index (Phi) is 5.56. The minimum atomic E-state index is -0.222. The van der Waals surface area contributed by atoms with Crippen LogP contribution in [0.3, 0.4) is 0 Å². The van der Waals surface area contributed by atoms with E-state index in [1.54, 1.807) is 0 Å². The first-order chi connectivity index (χ1) is 15.3. The maximum Gasteiger partial charge on any atom is 0.302 e. The molecule has 172 valence electrons. The summed E-state index contributed by atoms with van der Waals surface area (Å²) in [6, 6.07) is 10.4. The molecule has 0 aliphatic heterocycles. The summed E-state index contributed by atoms with van der Waals surface area (Å²) >= 11 is 0. The standard InChI is InChI=1S/C28H36O4/c1-18(29)32-21-11-13-27(2)20(15-21)16-24(30)26-22-9-10-25(28(22,3)14-12-23(26)27)31-17-19-7-5-4-6-8-19/h4-8,16,21-23,25-26H,9-15,17H2,1-3H3/t21-,22+,23+,25-,26-,27-,28+/m0/s1. The van der Waals surface area contributed by atoms with E-state index in [1.165, 1.54) is 18.1 Å². The Hall–Kier alpha value is -1.94. The fourth-order valence-electron chi connectivity index (χ4n) is 7.70. The Morgan fingerprint density at radius 3 is 2.56 bits per heavy atom. The largest absolute Gasteiger partial charge is 0.462 e. The van der Waals surface area contributed by atoms with Crippen molar-refractivity contribution in [3.8, 4) is 0 Å². The second kappa shape index (κ2) is 8.13. The molecule has 4 nitrogen and oxygen atoms in total. The first-order valence-electron chi connectivity index (χ1n) is 12.4. The number of carbonyl (C=O) groups excluding carboxylic acids is 2. The van der Waals surface area contributed by atoms with Gasteiger partial charge in [0, 0.05) is 19.3 Å². The van der Waals surface area contributed by atoms with Gasteiger partial charge in [0.25, 0.3) is 0 Å². The van der Waals surface area contributed by atoms with Gasteiger partial charge in [-0.15, -0.1) is 0 Å². The number of carbonyl (C=O) groups is 2. The van der Waals surface area contributed by atoms with E-state index in [0.29, 0.717) is 24.2 Å². The van der Waals surface area contributed by atoms with E-state index in [9.17, 15) is 9.59 Å². The van der Waals surface area contributed by atoms with Crippen molar-refractivity contribution in [3.05, 3.63) is 47.5 Å². The van der Waals surface area contributed by atoms with Crippen LogP contribution in [-0.4, -0.2) is 24.0 Å². The molecule has 0 aromatic heterocycles. The predicted octanol–water partition coefficient (Wildman–Crippen LogP) is 5.65. The number of esters is 1. The van der Waals surface area contributed by atoms with Crippen LogP contribution in [0.4, 0.5) is 0 Å². The van der Waals surface area contributed by atoms with Gasteiger partial charge in [-0.2, -0.15) is 0 Å². The van der Waals surface area contributed by atoms with Gasteiger partial charge < -0.3 is 9.47 Å². The summed E-state index contributed by atoms with van der Waals surface area (Å²) in [5.41, 5.74) is 2.56. The molecule has 0 radical (unpaired) electrons. The van der Waals surface area contributed by atoms with Crippen LogP contribution in [0.15, 0.2) is 42.0 Å². The maximum atomic E-state index is 13.5. The molecule has 3 saturated carbocycles. The van der Waals surface area contributed by atoms with Crippen LogP contribution in [0.1, 0.15) is 71.3 Å². The number of hydrogen-bond donors (Lipinski definition) is 0. The number of ether oxygens (including phenoxy) is 2. The molecule has 0 bridgehead atoms. The highest BCUT2D eigenvalue weighted by Crippen LogP contribution is 2.64. The topological polar surface area (TPSA) is 52.6 Å². The maximum absolute atomic E-state index is 13.5. The molecule has 0 amide bonds. The van der Waals surface area contributed by atoms with Crippen LogP contribution in [0, 0.1) is 28.6 Å². The summed E-state index contributed by atoms with van der Waals surface area (Å²) in [5.74, 6) is 0.999. The number of rotatable bonds is 4. The molecule has 0 heterocycles. The van der Waals surface area contributed by atoms with Gasteiger partial charge in [-0.25, -0.2) is 0 Å². The zero-order chi connectivity index (χ0) is 22.5. The number of hydrogen-bond acceptors (Lipinski definition) is 4. The minimum Gasteiger partial charge on any atom is -0.462 e. The average molecular weight is 437 g/mol. The lowest BCUT2D eigenvalue weighted by molar-refractivity contribution is -0.150. The van der Waals surface area contributed by atoms with E-state index in [1.807, 2.05) is 12.1 Å². The van der Waals surface area contributed by atoms with Crippen LogP contribution in [-0.2, 0) is 25.7 Å². The second-order valence-corrected chi connectivity index (χ2v) is 11.1. The summed E-state index contributed by atoms with van der Waals surface area (Å²) in [7, 11) is 0. The Labute approximate surface area is 191 Å². The molecule has 4 aliphatic rings. The summed E-state index contributed by atoms with van der Waals surface area (Å²) < 4.78 is 12.0. The van der Waals surface area contributed by atoms with Crippen molar-refractivity contribution in [3.63, 3.8) is 0 Å². The van der Waals surface area contributed by atoms with Gasteiger partial charge in [0.15, 0.2) is 5.78 Å². The minimum absolute atomic E-state index is 0.0551. The lowest BCUT2D eigenvalue weighted by Crippen LogP contribution is -2.54. The summed E-state index contributed by atoms with van der Waals surface area (Å²) in [6.45, 7) is 6.87. The van der Waals surface area contributed by atoms with Gasteiger partial charge in [-0.3, -0.25) is 9.59 Å². The van der Waals surface area contributed by atoms with Crippen molar-refractivity contribution >= 4 is 11.8 Å². The SMILES string of the molecule is CC(=O)O[C@H]1CC[C@@]2(C)C(=CC(=O)[C@H]3[C@H]4CC[C@H](OCc5ccccc5)[C@]4(C)CC[C@H]32)C1. The Bertz CT molecular complexity index is 921. The molecule has 7 atom stereocenters. The van der Waals surface area contributed by atoms with Crippen LogP contribution in [0.25, 0.3) is 0 Å². The first-order valence-corrected chi connectivity index (χ1v) is 12.4. The van der Waals surface area contributed by atoms with E-state index in [4.69, 9.17) is 9.47 Å².